The number of aromatic nitrogens is 1. The van der Waals surface area contributed by atoms with Crippen molar-refractivity contribution >= 4 is 10.9 Å². The van der Waals surface area contributed by atoms with E-state index in [-0.39, 0.29) is 6.61 Å². The Morgan fingerprint density at radius 1 is 1.33 bits per heavy atom. The van der Waals surface area contributed by atoms with Crippen LogP contribution in [0.15, 0.2) is 30.3 Å². The zero-order valence-corrected chi connectivity index (χ0v) is 8.40. The topological polar surface area (TPSA) is 45.9 Å². The van der Waals surface area contributed by atoms with Gasteiger partial charge in [0.1, 0.15) is 17.3 Å². The van der Waals surface area contributed by atoms with Gasteiger partial charge >= 0.3 is 0 Å². The van der Waals surface area contributed by atoms with Crippen molar-refractivity contribution in [1.29, 1.82) is 5.26 Å². The molecule has 1 aromatic heterocycles. The number of hydrogen-bond donors (Lipinski definition) is 0. The summed E-state index contributed by atoms with van der Waals surface area (Å²) in [6.07, 6.45) is 0. The molecule has 3 heteroatoms. The minimum absolute atomic E-state index is 0.0503. The van der Waals surface area contributed by atoms with E-state index in [4.69, 9.17) is 10.00 Å². The summed E-state index contributed by atoms with van der Waals surface area (Å²) >= 11 is 0. The van der Waals surface area contributed by atoms with Crippen LogP contribution < -0.4 is 4.74 Å². The first-order chi connectivity index (χ1) is 7.31. The molecule has 0 saturated heterocycles. The summed E-state index contributed by atoms with van der Waals surface area (Å²) in [6.45, 7) is 1.98. The van der Waals surface area contributed by atoms with Gasteiger partial charge in [0.25, 0.3) is 0 Å². The van der Waals surface area contributed by atoms with Crippen molar-refractivity contribution in [3.8, 4) is 11.8 Å². The van der Waals surface area contributed by atoms with Crippen LogP contribution in [0, 0.1) is 18.3 Å². The van der Waals surface area contributed by atoms with Crippen molar-refractivity contribution in [2.75, 3.05) is 6.61 Å². The third-order valence-electron chi connectivity index (χ3n) is 2.11. The highest BCUT2D eigenvalue weighted by Gasteiger charge is 2.02. The molecular formula is C12H10N2O. The largest absolute Gasteiger partial charge is 0.476 e. The second-order valence-electron chi connectivity index (χ2n) is 3.23. The van der Waals surface area contributed by atoms with Gasteiger partial charge in [0.05, 0.1) is 0 Å². The van der Waals surface area contributed by atoms with Gasteiger partial charge in [-0.1, -0.05) is 18.2 Å². The number of ether oxygens (including phenoxy) is 1. The average Bonchev–Trinajstić information content (AvgIpc) is 2.26. The fourth-order valence-electron chi connectivity index (χ4n) is 1.44. The Morgan fingerprint density at radius 2 is 2.20 bits per heavy atom. The van der Waals surface area contributed by atoms with Gasteiger partial charge in [-0.2, -0.15) is 5.26 Å². The molecular weight excluding hydrogens is 188 g/mol. The molecule has 1 aromatic carbocycles. The number of pyridine rings is 1. The highest BCUT2D eigenvalue weighted by atomic mass is 16.5. The Labute approximate surface area is 87.9 Å². The summed E-state index contributed by atoms with van der Waals surface area (Å²) in [7, 11) is 0. The zero-order valence-electron chi connectivity index (χ0n) is 8.40. The van der Waals surface area contributed by atoms with Gasteiger partial charge in [-0.3, -0.25) is 0 Å². The van der Waals surface area contributed by atoms with E-state index in [1.165, 1.54) is 0 Å². The lowest BCUT2D eigenvalue weighted by atomic mass is 10.2. The number of benzene rings is 1. The first-order valence-corrected chi connectivity index (χ1v) is 4.67. The quantitative estimate of drug-likeness (QED) is 0.744. The Balaban J connectivity index is 2.54. The first-order valence-electron chi connectivity index (χ1n) is 4.67. The Bertz CT molecular complexity index is 529. The summed E-state index contributed by atoms with van der Waals surface area (Å²) in [5.41, 5.74) is 1.75. The number of nitriles is 1. The maximum absolute atomic E-state index is 8.46. The van der Waals surface area contributed by atoms with Crippen LogP contribution >= 0.6 is 0 Å². The van der Waals surface area contributed by atoms with Crippen LogP contribution in [0.1, 0.15) is 5.69 Å². The van der Waals surface area contributed by atoms with E-state index >= 15 is 0 Å². The van der Waals surface area contributed by atoms with E-state index in [0.717, 1.165) is 16.6 Å². The molecule has 1 heterocycles. The molecule has 2 aromatic rings. The van der Waals surface area contributed by atoms with E-state index in [1.807, 2.05) is 43.3 Å². The van der Waals surface area contributed by atoms with Gasteiger partial charge in [0, 0.05) is 11.1 Å². The van der Waals surface area contributed by atoms with Crippen molar-refractivity contribution in [1.82, 2.24) is 4.98 Å². The molecule has 0 aliphatic heterocycles. The van der Waals surface area contributed by atoms with Crippen molar-refractivity contribution in [2.24, 2.45) is 0 Å². The molecule has 0 saturated carbocycles. The molecule has 0 amide bonds. The van der Waals surface area contributed by atoms with Crippen LogP contribution in [-0.4, -0.2) is 11.6 Å². The van der Waals surface area contributed by atoms with Crippen molar-refractivity contribution in [3.05, 3.63) is 36.0 Å². The third kappa shape index (κ3) is 1.89. The highest BCUT2D eigenvalue weighted by Crippen LogP contribution is 2.23. The maximum atomic E-state index is 8.46. The van der Waals surface area contributed by atoms with E-state index in [1.54, 1.807) is 0 Å². The molecule has 3 nitrogen and oxygen atoms in total. The molecule has 0 bridgehead atoms. The van der Waals surface area contributed by atoms with E-state index in [0.29, 0.717) is 5.75 Å². The Morgan fingerprint density at radius 3 is 3.00 bits per heavy atom. The second kappa shape index (κ2) is 3.97. The van der Waals surface area contributed by atoms with Gasteiger partial charge in [0.2, 0.25) is 0 Å². The Hall–Kier alpha value is -2.08. The van der Waals surface area contributed by atoms with Crippen molar-refractivity contribution in [3.63, 3.8) is 0 Å². The zero-order chi connectivity index (χ0) is 10.7. The summed E-state index contributed by atoms with van der Waals surface area (Å²) in [4.78, 5) is 4.39. The van der Waals surface area contributed by atoms with Crippen LogP contribution in [0.3, 0.4) is 0 Å². The molecule has 0 atom stereocenters. The Kier molecular flexibility index (Phi) is 2.51. The molecule has 0 spiro atoms. The summed E-state index contributed by atoms with van der Waals surface area (Å²) < 4.78 is 5.30. The predicted octanol–water partition coefficient (Wildman–Crippen LogP) is 2.45. The molecule has 0 radical (unpaired) electrons. The van der Waals surface area contributed by atoms with E-state index in [2.05, 4.69) is 4.98 Å². The second-order valence-corrected chi connectivity index (χ2v) is 3.23. The smallest absolute Gasteiger partial charge is 0.174 e. The summed E-state index contributed by atoms with van der Waals surface area (Å²) in [6, 6.07) is 11.6. The van der Waals surface area contributed by atoms with Crippen molar-refractivity contribution in [2.45, 2.75) is 6.92 Å². The number of hydrogen-bond acceptors (Lipinski definition) is 3. The number of fused-ring (bicyclic) bond motifs is 1. The average molecular weight is 198 g/mol. The van der Waals surface area contributed by atoms with E-state index in [9.17, 15) is 0 Å². The standard InChI is InChI=1S/C12H10N2O/c1-9-5-6-10-3-2-4-11(12(10)14-9)15-8-7-13/h2-6H,8H2,1H3. The maximum Gasteiger partial charge on any atom is 0.174 e. The molecule has 74 valence electrons. The lowest BCUT2D eigenvalue weighted by Gasteiger charge is -2.05. The fraction of sp³-hybridized carbons (Fsp3) is 0.167. The molecule has 0 fully saturated rings. The van der Waals surface area contributed by atoms with Gasteiger partial charge in [-0.05, 0) is 19.1 Å². The monoisotopic (exact) mass is 198 g/mol. The van der Waals surface area contributed by atoms with Gasteiger partial charge in [-0.25, -0.2) is 4.98 Å². The van der Waals surface area contributed by atoms with Crippen LogP contribution in [0.4, 0.5) is 0 Å². The molecule has 15 heavy (non-hydrogen) atoms. The first kappa shape index (κ1) is 9.47. The molecule has 2 rings (SSSR count). The lowest BCUT2D eigenvalue weighted by molar-refractivity contribution is 0.372. The minimum atomic E-state index is 0.0503. The molecule has 0 unspecified atom stereocenters. The number of rotatable bonds is 2. The van der Waals surface area contributed by atoms with Gasteiger partial charge in [-0.15, -0.1) is 0 Å². The number of aryl methyl sites for hydroxylation is 1. The van der Waals surface area contributed by atoms with Crippen LogP contribution in [0.5, 0.6) is 5.75 Å². The lowest BCUT2D eigenvalue weighted by Crippen LogP contribution is -1.95. The highest BCUT2D eigenvalue weighted by molar-refractivity contribution is 5.84. The van der Waals surface area contributed by atoms with Crippen LogP contribution in [0.2, 0.25) is 0 Å². The van der Waals surface area contributed by atoms with Gasteiger partial charge < -0.3 is 4.74 Å². The predicted molar refractivity (Wildman–Crippen MR) is 57.6 cm³/mol. The number of nitrogens with zero attached hydrogens (tertiary/aromatic N) is 2. The third-order valence-corrected chi connectivity index (χ3v) is 2.11. The molecule has 0 aliphatic carbocycles. The SMILES string of the molecule is Cc1ccc2cccc(OCC#N)c2n1. The van der Waals surface area contributed by atoms with Crippen LogP contribution in [0.25, 0.3) is 10.9 Å². The summed E-state index contributed by atoms with van der Waals surface area (Å²) in [5, 5.41) is 9.48. The number of para-hydroxylation sites is 1. The fourth-order valence-corrected chi connectivity index (χ4v) is 1.44. The molecule has 0 aliphatic rings. The molecule has 0 N–H and O–H groups in total. The normalized spacial score (nSPS) is 9.87. The van der Waals surface area contributed by atoms with Crippen LogP contribution in [-0.2, 0) is 0 Å². The van der Waals surface area contributed by atoms with Crippen molar-refractivity contribution < 1.29 is 4.74 Å². The summed E-state index contributed by atoms with van der Waals surface area (Å²) in [5.74, 6) is 0.665. The minimum Gasteiger partial charge on any atom is -0.476 e. The van der Waals surface area contributed by atoms with E-state index < -0.39 is 0 Å². The van der Waals surface area contributed by atoms with Gasteiger partial charge in [0.15, 0.2) is 6.61 Å².